The monoisotopic (exact) mass is 589 g/mol. The predicted molar refractivity (Wildman–Crippen MR) is 160 cm³/mol. The summed E-state index contributed by atoms with van der Waals surface area (Å²) in [6.07, 6.45) is 5.29. The van der Waals surface area contributed by atoms with Gasteiger partial charge in [-0.15, -0.1) is 0 Å². The lowest BCUT2D eigenvalue weighted by Crippen LogP contribution is -2.32. The lowest BCUT2D eigenvalue weighted by Gasteiger charge is -2.32. The van der Waals surface area contributed by atoms with Crippen molar-refractivity contribution in [2.75, 3.05) is 30.3 Å². The van der Waals surface area contributed by atoms with Crippen molar-refractivity contribution in [3.63, 3.8) is 0 Å². The topological polar surface area (TPSA) is 114 Å². The molecule has 40 heavy (non-hydrogen) atoms. The van der Waals surface area contributed by atoms with Crippen LogP contribution >= 0.6 is 11.6 Å². The van der Waals surface area contributed by atoms with Crippen LogP contribution in [0.4, 0.5) is 23.1 Å². The van der Waals surface area contributed by atoms with E-state index in [4.69, 9.17) is 16.3 Å². The molecule has 1 aliphatic heterocycles. The number of ether oxygens (including phenoxy) is 1. The highest BCUT2D eigenvalue weighted by atomic mass is 35.5. The van der Waals surface area contributed by atoms with Gasteiger partial charge in [0.1, 0.15) is 10.8 Å². The molecule has 1 saturated heterocycles. The fraction of sp³-hybridized carbons (Fsp3) is 0.536. The van der Waals surface area contributed by atoms with Crippen LogP contribution in [0.25, 0.3) is 0 Å². The Hall–Kier alpha value is -2.89. The zero-order valence-corrected chi connectivity index (χ0v) is 25.9. The molecule has 1 aliphatic rings. The van der Waals surface area contributed by atoms with Gasteiger partial charge in [0.05, 0.1) is 28.9 Å². The standard InChI is InChI=1S/C28H40ClN7O3S/c1-8-36-11-9-20(10-12-36)21-14-25(39-17(2)3)23(13-19(21)6)32-28-30-15-22(29)26(33-28)31-24-16-35(7)34-27(24)40(37,38)18(4)5/h13-18,20H,8-12H2,1-7H3,(H2,30,31,32,33). The number of hydrogen-bond acceptors (Lipinski definition) is 9. The SMILES string of the molecule is CCN1CCC(c2cc(OC(C)C)c(Nc3ncc(Cl)c(Nc4cn(C)nc4S(=O)(=O)C(C)C)n3)cc2C)CC1. The summed E-state index contributed by atoms with van der Waals surface area (Å²) in [6.45, 7) is 14.9. The van der Waals surface area contributed by atoms with E-state index in [1.54, 1.807) is 27.1 Å². The molecule has 0 spiro atoms. The Morgan fingerprint density at radius 1 is 1.12 bits per heavy atom. The van der Waals surface area contributed by atoms with Crippen molar-refractivity contribution in [1.29, 1.82) is 0 Å². The average molecular weight is 590 g/mol. The summed E-state index contributed by atoms with van der Waals surface area (Å²) in [4.78, 5) is 11.4. The fourth-order valence-electron chi connectivity index (χ4n) is 4.90. The molecule has 12 heteroatoms. The van der Waals surface area contributed by atoms with Crippen LogP contribution in [0.1, 0.15) is 64.5 Å². The number of hydrogen-bond donors (Lipinski definition) is 2. The van der Waals surface area contributed by atoms with E-state index in [1.807, 2.05) is 13.8 Å². The van der Waals surface area contributed by atoms with Gasteiger partial charge >= 0.3 is 0 Å². The van der Waals surface area contributed by atoms with E-state index >= 15 is 0 Å². The number of sulfone groups is 1. The number of nitrogens with one attached hydrogen (secondary N) is 2. The highest BCUT2D eigenvalue weighted by molar-refractivity contribution is 7.92. The minimum absolute atomic E-state index is 0.0201. The van der Waals surface area contributed by atoms with Gasteiger partial charge in [0, 0.05) is 13.2 Å². The minimum atomic E-state index is -3.63. The van der Waals surface area contributed by atoms with Gasteiger partial charge in [0.25, 0.3) is 0 Å². The van der Waals surface area contributed by atoms with Crippen LogP contribution in [-0.4, -0.2) is 64.1 Å². The Morgan fingerprint density at radius 3 is 2.45 bits per heavy atom. The molecule has 0 radical (unpaired) electrons. The van der Waals surface area contributed by atoms with Crippen molar-refractivity contribution < 1.29 is 13.2 Å². The largest absolute Gasteiger partial charge is 0.489 e. The number of piperidine rings is 1. The highest BCUT2D eigenvalue weighted by Crippen LogP contribution is 2.38. The summed E-state index contributed by atoms with van der Waals surface area (Å²) in [7, 11) is -1.97. The van der Waals surface area contributed by atoms with Gasteiger partial charge in [-0.3, -0.25) is 4.68 Å². The minimum Gasteiger partial charge on any atom is -0.489 e. The lowest BCUT2D eigenvalue weighted by molar-refractivity contribution is 0.221. The first kappa shape index (κ1) is 30.1. The Kier molecular flexibility index (Phi) is 9.26. The summed E-state index contributed by atoms with van der Waals surface area (Å²) < 4.78 is 33.4. The first-order chi connectivity index (χ1) is 18.9. The number of aromatic nitrogens is 4. The lowest BCUT2D eigenvalue weighted by atomic mass is 9.86. The molecule has 0 bridgehead atoms. The number of nitrogens with zero attached hydrogens (tertiary/aromatic N) is 5. The second-order valence-electron chi connectivity index (χ2n) is 10.8. The fourth-order valence-corrected chi connectivity index (χ4v) is 6.14. The van der Waals surface area contributed by atoms with Gasteiger partial charge in [0.15, 0.2) is 5.82 Å². The first-order valence-corrected chi connectivity index (χ1v) is 15.7. The summed E-state index contributed by atoms with van der Waals surface area (Å²) in [5.74, 6) is 1.78. The van der Waals surface area contributed by atoms with E-state index in [1.165, 1.54) is 22.0 Å². The van der Waals surface area contributed by atoms with E-state index in [2.05, 4.69) is 56.6 Å². The van der Waals surface area contributed by atoms with Gasteiger partial charge in [-0.1, -0.05) is 18.5 Å². The second kappa shape index (κ2) is 12.3. The molecule has 0 atom stereocenters. The Bertz CT molecular complexity index is 1450. The van der Waals surface area contributed by atoms with Crippen molar-refractivity contribution in [2.24, 2.45) is 7.05 Å². The molecular weight excluding hydrogens is 550 g/mol. The Labute approximate surface area is 242 Å². The van der Waals surface area contributed by atoms with Crippen molar-refractivity contribution in [2.45, 2.75) is 76.7 Å². The van der Waals surface area contributed by atoms with E-state index < -0.39 is 15.1 Å². The van der Waals surface area contributed by atoms with E-state index in [0.29, 0.717) is 17.6 Å². The maximum atomic E-state index is 12.9. The van der Waals surface area contributed by atoms with Crippen molar-refractivity contribution in [3.8, 4) is 5.75 Å². The van der Waals surface area contributed by atoms with Crippen LogP contribution in [0.3, 0.4) is 0 Å². The summed E-state index contributed by atoms with van der Waals surface area (Å²) >= 11 is 6.42. The number of halogens is 1. The zero-order valence-electron chi connectivity index (χ0n) is 24.3. The summed E-state index contributed by atoms with van der Waals surface area (Å²) in [5, 5.41) is 10.1. The molecule has 0 amide bonds. The molecule has 10 nitrogen and oxygen atoms in total. The molecule has 2 aromatic heterocycles. The zero-order chi connectivity index (χ0) is 29.2. The van der Waals surface area contributed by atoms with E-state index in [0.717, 1.165) is 43.9 Å². The molecule has 218 valence electrons. The third-order valence-electron chi connectivity index (χ3n) is 7.13. The number of aryl methyl sites for hydroxylation is 2. The molecule has 3 heterocycles. The Morgan fingerprint density at radius 2 is 1.82 bits per heavy atom. The third kappa shape index (κ3) is 6.70. The van der Waals surface area contributed by atoms with Gasteiger partial charge in [-0.25, -0.2) is 13.4 Å². The van der Waals surface area contributed by atoms with Crippen LogP contribution < -0.4 is 15.4 Å². The third-order valence-corrected chi connectivity index (χ3v) is 9.49. The van der Waals surface area contributed by atoms with Crippen LogP contribution in [-0.2, 0) is 16.9 Å². The van der Waals surface area contributed by atoms with Crippen LogP contribution in [0.5, 0.6) is 5.75 Å². The van der Waals surface area contributed by atoms with E-state index in [9.17, 15) is 8.42 Å². The molecule has 0 saturated carbocycles. The number of anilines is 4. The predicted octanol–water partition coefficient (Wildman–Crippen LogP) is 5.83. The molecule has 2 N–H and O–H groups in total. The molecule has 1 fully saturated rings. The number of benzene rings is 1. The van der Waals surface area contributed by atoms with Gasteiger partial charge in [0.2, 0.25) is 20.8 Å². The van der Waals surface area contributed by atoms with Crippen LogP contribution in [0, 0.1) is 6.92 Å². The summed E-state index contributed by atoms with van der Waals surface area (Å²) in [6, 6.07) is 4.23. The highest BCUT2D eigenvalue weighted by Gasteiger charge is 2.27. The molecule has 0 aliphatic carbocycles. The molecule has 1 aromatic carbocycles. The van der Waals surface area contributed by atoms with E-state index in [-0.39, 0.29) is 22.0 Å². The number of rotatable bonds is 10. The molecule has 0 unspecified atom stereocenters. The van der Waals surface area contributed by atoms with Crippen LogP contribution in [0.2, 0.25) is 5.02 Å². The average Bonchev–Trinajstić information content (AvgIpc) is 3.28. The molecular formula is C28H40ClN7O3S. The summed E-state index contributed by atoms with van der Waals surface area (Å²) in [5.41, 5.74) is 3.53. The van der Waals surface area contributed by atoms with Gasteiger partial charge in [-0.05, 0) is 96.3 Å². The Balaban J connectivity index is 1.64. The maximum Gasteiger partial charge on any atom is 0.229 e. The second-order valence-corrected chi connectivity index (χ2v) is 13.7. The smallest absolute Gasteiger partial charge is 0.229 e. The number of likely N-dealkylation sites (tertiary alicyclic amines) is 1. The van der Waals surface area contributed by atoms with Crippen molar-refractivity contribution >= 4 is 44.6 Å². The maximum absolute atomic E-state index is 12.9. The van der Waals surface area contributed by atoms with Crippen molar-refractivity contribution in [3.05, 3.63) is 40.7 Å². The van der Waals surface area contributed by atoms with Crippen LogP contribution in [0.15, 0.2) is 29.6 Å². The van der Waals surface area contributed by atoms with Gasteiger partial charge in [-0.2, -0.15) is 10.1 Å². The quantitative estimate of drug-likeness (QED) is 0.301. The first-order valence-electron chi connectivity index (χ1n) is 13.8. The molecule has 4 rings (SSSR count). The van der Waals surface area contributed by atoms with Gasteiger partial charge < -0.3 is 20.3 Å². The van der Waals surface area contributed by atoms with Crippen molar-refractivity contribution in [1.82, 2.24) is 24.6 Å². The molecule has 3 aromatic rings. The normalized spacial score (nSPS) is 15.2.